The summed E-state index contributed by atoms with van der Waals surface area (Å²) in [5, 5.41) is 11.7. The van der Waals surface area contributed by atoms with E-state index < -0.39 is 5.97 Å². The average molecular weight is 221 g/mol. The lowest BCUT2D eigenvalue weighted by atomic mass is 10.1. The largest absolute Gasteiger partial charge is 0.497 e. The van der Waals surface area contributed by atoms with E-state index in [1.807, 2.05) is 12.1 Å². The Bertz CT molecular complexity index is 403. The summed E-state index contributed by atoms with van der Waals surface area (Å²) >= 11 is 0. The maximum Gasteiger partial charge on any atom is 0.317 e. The Labute approximate surface area is 94.2 Å². The molecule has 0 spiro atoms. The third-order valence-corrected chi connectivity index (χ3v) is 2.93. The molecule has 0 amide bonds. The van der Waals surface area contributed by atoms with Crippen LogP contribution in [-0.4, -0.2) is 24.7 Å². The molecule has 1 aliphatic carbocycles. The number of carboxylic acids is 1. The van der Waals surface area contributed by atoms with E-state index in [1.54, 1.807) is 7.11 Å². The smallest absolute Gasteiger partial charge is 0.317 e. The van der Waals surface area contributed by atoms with Crippen molar-refractivity contribution in [1.82, 2.24) is 5.32 Å². The molecule has 4 heteroatoms. The second kappa shape index (κ2) is 4.53. The van der Waals surface area contributed by atoms with Crippen LogP contribution in [0, 0.1) is 0 Å². The predicted molar refractivity (Wildman–Crippen MR) is 59.7 cm³/mol. The number of carbonyl (C=O) groups is 1. The van der Waals surface area contributed by atoms with E-state index >= 15 is 0 Å². The van der Waals surface area contributed by atoms with E-state index in [9.17, 15) is 4.79 Å². The van der Waals surface area contributed by atoms with Crippen LogP contribution in [0.15, 0.2) is 18.2 Å². The van der Waals surface area contributed by atoms with Crippen LogP contribution < -0.4 is 10.1 Å². The summed E-state index contributed by atoms with van der Waals surface area (Å²) in [5.74, 6) is -0.000814. The summed E-state index contributed by atoms with van der Waals surface area (Å²) in [5.41, 5.74) is 2.45. The molecule has 86 valence electrons. The fourth-order valence-electron chi connectivity index (χ4n) is 2.13. The second-order valence-corrected chi connectivity index (χ2v) is 3.93. The fraction of sp³-hybridized carbons (Fsp3) is 0.417. The van der Waals surface area contributed by atoms with Gasteiger partial charge >= 0.3 is 5.97 Å². The van der Waals surface area contributed by atoms with Crippen molar-refractivity contribution in [2.24, 2.45) is 0 Å². The lowest BCUT2D eigenvalue weighted by Crippen LogP contribution is -2.25. The molecule has 1 aromatic carbocycles. The quantitative estimate of drug-likeness (QED) is 0.806. The Morgan fingerprint density at radius 3 is 3.12 bits per heavy atom. The SMILES string of the molecule is COc1ccc2c(c1)C(NCC(=O)O)CC2. The van der Waals surface area contributed by atoms with Crippen LogP contribution in [0.3, 0.4) is 0 Å². The number of hydrogen-bond donors (Lipinski definition) is 2. The van der Waals surface area contributed by atoms with Gasteiger partial charge in [-0.1, -0.05) is 6.07 Å². The molecule has 2 rings (SSSR count). The zero-order valence-corrected chi connectivity index (χ0v) is 9.19. The van der Waals surface area contributed by atoms with Crippen molar-refractivity contribution in [3.63, 3.8) is 0 Å². The van der Waals surface area contributed by atoms with Crippen LogP contribution in [0.5, 0.6) is 5.75 Å². The first-order chi connectivity index (χ1) is 7.70. The monoisotopic (exact) mass is 221 g/mol. The number of ether oxygens (including phenoxy) is 1. The van der Waals surface area contributed by atoms with Gasteiger partial charge in [-0.25, -0.2) is 0 Å². The fourth-order valence-corrected chi connectivity index (χ4v) is 2.13. The standard InChI is InChI=1S/C12H15NO3/c1-16-9-4-2-8-3-5-11(10(8)6-9)13-7-12(14)15/h2,4,6,11,13H,3,5,7H2,1H3,(H,14,15). The van der Waals surface area contributed by atoms with Crippen molar-refractivity contribution in [3.8, 4) is 5.75 Å². The maximum atomic E-state index is 10.5. The van der Waals surface area contributed by atoms with Gasteiger partial charge in [0.2, 0.25) is 0 Å². The number of aliphatic carboxylic acids is 1. The van der Waals surface area contributed by atoms with Crippen LogP contribution in [0.2, 0.25) is 0 Å². The third kappa shape index (κ3) is 2.17. The third-order valence-electron chi connectivity index (χ3n) is 2.93. The first-order valence-corrected chi connectivity index (χ1v) is 5.32. The van der Waals surface area contributed by atoms with Crippen LogP contribution in [-0.2, 0) is 11.2 Å². The minimum absolute atomic E-state index is 0.00131. The van der Waals surface area contributed by atoms with Gasteiger partial charge in [0.1, 0.15) is 5.75 Å². The van der Waals surface area contributed by atoms with Gasteiger partial charge in [-0.15, -0.1) is 0 Å². The lowest BCUT2D eigenvalue weighted by Gasteiger charge is -2.13. The van der Waals surface area contributed by atoms with E-state index in [4.69, 9.17) is 9.84 Å². The number of methoxy groups -OCH3 is 1. The number of benzene rings is 1. The lowest BCUT2D eigenvalue weighted by molar-refractivity contribution is -0.136. The van der Waals surface area contributed by atoms with Gasteiger partial charge in [-0.05, 0) is 36.1 Å². The molecule has 1 aromatic rings. The van der Waals surface area contributed by atoms with Crippen LogP contribution in [0.1, 0.15) is 23.6 Å². The molecule has 0 saturated heterocycles. The van der Waals surface area contributed by atoms with Gasteiger partial charge in [0.25, 0.3) is 0 Å². The Morgan fingerprint density at radius 1 is 1.62 bits per heavy atom. The minimum Gasteiger partial charge on any atom is -0.497 e. The van der Waals surface area contributed by atoms with Crippen molar-refractivity contribution >= 4 is 5.97 Å². The Hall–Kier alpha value is -1.55. The normalized spacial score (nSPS) is 18.2. The summed E-state index contributed by atoms with van der Waals surface area (Å²) in [6.07, 6.45) is 1.95. The highest BCUT2D eigenvalue weighted by Crippen LogP contribution is 2.33. The molecular formula is C12H15NO3. The van der Waals surface area contributed by atoms with Crippen molar-refractivity contribution in [2.45, 2.75) is 18.9 Å². The molecular weight excluding hydrogens is 206 g/mol. The predicted octanol–water partition coefficient (Wildman–Crippen LogP) is 1.36. The molecule has 0 heterocycles. The Morgan fingerprint density at radius 2 is 2.44 bits per heavy atom. The van der Waals surface area contributed by atoms with E-state index in [-0.39, 0.29) is 12.6 Å². The Kier molecular flexibility index (Phi) is 3.10. The Balaban J connectivity index is 2.14. The summed E-state index contributed by atoms with van der Waals surface area (Å²) < 4.78 is 5.17. The second-order valence-electron chi connectivity index (χ2n) is 3.93. The number of rotatable bonds is 4. The van der Waals surface area contributed by atoms with Crippen LogP contribution >= 0.6 is 0 Å². The zero-order chi connectivity index (χ0) is 11.5. The minimum atomic E-state index is -0.823. The van der Waals surface area contributed by atoms with E-state index in [0.29, 0.717) is 0 Å². The topological polar surface area (TPSA) is 58.6 Å². The van der Waals surface area contributed by atoms with Gasteiger partial charge in [-0.3, -0.25) is 4.79 Å². The van der Waals surface area contributed by atoms with E-state index in [0.717, 1.165) is 18.6 Å². The summed E-state index contributed by atoms with van der Waals surface area (Å²) in [6.45, 7) is 0.00131. The summed E-state index contributed by atoms with van der Waals surface area (Å²) in [6, 6.07) is 6.12. The summed E-state index contributed by atoms with van der Waals surface area (Å²) in [4.78, 5) is 10.5. The van der Waals surface area contributed by atoms with Gasteiger partial charge < -0.3 is 15.2 Å². The number of nitrogens with one attached hydrogen (secondary N) is 1. The molecule has 2 N–H and O–H groups in total. The number of fused-ring (bicyclic) bond motifs is 1. The number of carboxylic acid groups (broad SMARTS) is 1. The molecule has 0 radical (unpaired) electrons. The highest BCUT2D eigenvalue weighted by atomic mass is 16.5. The van der Waals surface area contributed by atoms with Gasteiger partial charge in [0.05, 0.1) is 13.7 Å². The van der Waals surface area contributed by atoms with Crippen molar-refractivity contribution in [2.75, 3.05) is 13.7 Å². The van der Waals surface area contributed by atoms with Gasteiger partial charge in [0.15, 0.2) is 0 Å². The first-order valence-electron chi connectivity index (χ1n) is 5.32. The van der Waals surface area contributed by atoms with Crippen molar-refractivity contribution < 1.29 is 14.6 Å². The number of hydrogen-bond acceptors (Lipinski definition) is 3. The van der Waals surface area contributed by atoms with Crippen molar-refractivity contribution in [3.05, 3.63) is 29.3 Å². The highest BCUT2D eigenvalue weighted by molar-refractivity contribution is 5.69. The van der Waals surface area contributed by atoms with Gasteiger partial charge in [-0.2, -0.15) is 0 Å². The summed E-state index contributed by atoms with van der Waals surface area (Å²) in [7, 11) is 1.64. The van der Waals surface area contributed by atoms with E-state index in [2.05, 4.69) is 11.4 Å². The molecule has 0 saturated carbocycles. The molecule has 4 nitrogen and oxygen atoms in total. The molecule has 16 heavy (non-hydrogen) atoms. The van der Waals surface area contributed by atoms with Crippen LogP contribution in [0.25, 0.3) is 0 Å². The molecule has 0 aromatic heterocycles. The molecule has 1 unspecified atom stereocenters. The van der Waals surface area contributed by atoms with E-state index in [1.165, 1.54) is 11.1 Å². The maximum absolute atomic E-state index is 10.5. The van der Waals surface area contributed by atoms with Gasteiger partial charge in [0, 0.05) is 6.04 Å². The molecule has 0 fully saturated rings. The highest BCUT2D eigenvalue weighted by Gasteiger charge is 2.22. The average Bonchev–Trinajstić information content (AvgIpc) is 2.68. The molecule has 0 bridgehead atoms. The molecule has 0 aliphatic heterocycles. The molecule has 1 atom stereocenters. The van der Waals surface area contributed by atoms with Crippen molar-refractivity contribution in [1.29, 1.82) is 0 Å². The first kappa shape index (κ1) is 11.0. The van der Waals surface area contributed by atoms with Crippen LogP contribution in [0.4, 0.5) is 0 Å². The zero-order valence-electron chi connectivity index (χ0n) is 9.19. The number of aryl methyl sites for hydroxylation is 1. The molecule has 1 aliphatic rings.